The molecule has 0 aliphatic carbocycles. The Hall–Kier alpha value is -1.66. The van der Waals surface area contributed by atoms with Crippen LogP contribution in [0.1, 0.15) is 18.9 Å². The molecule has 0 aliphatic rings. The van der Waals surface area contributed by atoms with Crippen molar-refractivity contribution in [3.8, 4) is 0 Å². The second kappa shape index (κ2) is 9.28. The van der Waals surface area contributed by atoms with Gasteiger partial charge in [0.2, 0.25) is 5.91 Å². The van der Waals surface area contributed by atoms with Gasteiger partial charge in [-0.15, -0.1) is 12.4 Å². The van der Waals surface area contributed by atoms with E-state index in [0.717, 1.165) is 5.56 Å². The molecule has 20 heavy (non-hydrogen) atoms. The largest absolute Gasteiger partial charge is 0.469 e. The summed E-state index contributed by atoms with van der Waals surface area (Å²) in [5.41, 5.74) is 6.55. The first-order chi connectivity index (χ1) is 9.04. The number of esters is 1. The van der Waals surface area contributed by atoms with E-state index < -0.39 is 6.04 Å². The quantitative estimate of drug-likeness (QED) is 0.783. The number of carbonyl (C=O) groups is 2. The predicted octanol–water partition coefficient (Wildman–Crippen LogP) is 0.742. The minimum absolute atomic E-state index is 0. The van der Waals surface area contributed by atoms with Gasteiger partial charge >= 0.3 is 5.97 Å². The van der Waals surface area contributed by atoms with Gasteiger partial charge in [-0.3, -0.25) is 14.6 Å². The van der Waals surface area contributed by atoms with E-state index >= 15 is 0 Å². The molecule has 2 N–H and O–H groups in total. The first-order valence-corrected chi connectivity index (χ1v) is 6.04. The highest BCUT2D eigenvalue weighted by Gasteiger charge is 2.18. The van der Waals surface area contributed by atoms with Gasteiger partial charge in [0.1, 0.15) is 0 Å². The summed E-state index contributed by atoms with van der Waals surface area (Å²) in [7, 11) is 1.32. The van der Waals surface area contributed by atoms with E-state index in [2.05, 4.69) is 9.72 Å². The fraction of sp³-hybridized carbons (Fsp3) is 0.462. The number of hydrogen-bond donors (Lipinski definition) is 1. The molecular formula is C13H20ClN3O3. The van der Waals surface area contributed by atoms with E-state index in [4.69, 9.17) is 5.73 Å². The maximum absolute atomic E-state index is 12.0. The lowest BCUT2D eigenvalue weighted by atomic mass is 10.2. The number of methoxy groups -OCH3 is 1. The Labute approximate surface area is 124 Å². The van der Waals surface area contributed by atoms with Crippen molar-refractivity contribution in [3.05, 3.63) is 30.1 Å². The van der Waals surface area contributed by atoms with Crippen molar-refractivity contribution in [2.24, 2.45) is 5.73 Å². The molecule has 0 saturated heterocycles. The number of aromatic nitrogens is 1. The lowest BCUT2D eigenvalue weighted by molar-refractivity contribution is -0.142. The molecule has 1 atom stereocenters. The number of nitrogens with two attached hydrogens (primary N) is 1. The van der Waals surface area contributed by atoms with Crippen LogP contribution < -0.4 is 5.73 Å². The zero-order valence-corrected chi connectivity index (χ0v) is 12.4. The first kappa shape index (κ1) is 18.3. The van der Waals surface area contributed by atoms with Gasteiger partial charge < -0.3 is 15.4 Å². The van der Waals surface area contributed by atoms with Crippen molar-refractivity contribution >= 4 is 24.3 Å². The van der Waals surface area contributed by atoms with E-state index in [-0.39, 0.29) is 37.2 Å². The van der Waals surface area contributed by atoms with E-state index in [1.165, 1.54) is 7.11 Å². The SMILES string of the molecule is COC(=O)CCN(Cc1ccncc1)C(=O)C(C)N.Cl. The summed E-state index contributed by atoms with van der Waals surface area (Å²) in [4.78, 5) is 28.6. The molecule has 1 aromatic rings. The van der Waals surface area contributed by atoms with Crippen LogP contribution in [0.2, 0.25) is 0 Å². The number of nitrogens with zero attached hydrogens (tertiary/aromatic N) is 2. The van der Waals surface area contributed by atoms with Crippen LogP contribution in [-0.4, -0.2) is 41.5 Å². The number of hydrogen-bond acceptors (Lipinski definition) is 5. The summed E-state index contributed by atoms with van der Waals surface area (Å²) in [6, 6.07) is 3.04. The van der Waals surface area contributed by atoms with Gasteiger partial charge in [0, 0.05) is 25.5 Å². The van der Waals surface area contributed by atoms with Crippen LogP contribution in [0.4, 0.5) is 0 Å². The summed E-state index contributed by atoms with van der Waals surface area (Å²) < 4.78 is 4.57. The number of pyridine rings is 1. The van der Waals surface area contributed by atoms with Gasteiger partial charge in [0.25, 0.3) is 0 Å². The standard InChI is InChI=1S/C13H19N3O3.ClH/c1-10(14)13(18)16(8-5-12(17)19-2)9-11-3-6-15-7-4-11;/h3-4,6-7,10H,5,8-9,14H2,1-2H3;1H. The van der Waals surface area contributed by atoms with Crippen molar-refractivity contribution in [3.63, 3.8) is 0 Å². The van der Waals surface area contributed by atoms with Crippen LogP contribution in [0, 0.1) is 0 Å². The molecule has 0 bridgehead atoms. The third-order valence-electron chi connectivity index (χ3n) is 2.64. The van der Waals surface area contributed by atoms with Crippen molar-refractivity contribution in [1.82, 2.24) is 9.88 Å². The second-order valence-electron chi connectivity index (χ2n) is 4.23. The monoisotopic (exact) mass is 301 g/mol. The molecule has 1 heterocycles. The van der Waals surface area contributed by atoms with Crippen molar-refractivity contribution in [2.75, 3.05) is 13.7 Å². The fourth-order valence-corrected chi connectivity index (χ4v) is 1.59. The molecule has 1 amide bonds. The van der Waals surface area contributed by atoms with Crippen LogP contribution >= 0.6 is 12.4 Å². The minimum Gasteiger partial charge on any atom is -0.469 e. The Morgan fingerprint density at radius 3 is 2.50 bits per heavy atom. The van der Waals surface area contributed by atoms with E-state index in [1.54, 1.807) is 24.2 Å². The van der Waals surface area contributed by atoms with Crippen molar-refractivity contribution < 1.29 is 14.3 Å². The smallest absolute Gasteiger partial charge is 0.307 e. The normalized spacial score (nSPS) is 11.2. The molecule has 7 heteroatoms. The fourth-order valence-electron chi connectivity index (χ4n) is 1.59. The highest BCUT2D eigenvalue weighted by molar-refractivity contribution is 5.85. The summed E-state index contributed by atoms with van der Waals surface area (Å²) in [5.74, 6) is -0.544. The van der Waals surface area contributed by atoms with E-state index in [0.29, 0.717) is 6.54 Å². The van der Waals surface area contributed by atoms with Crippen LogP contribution in [0.15, 0.2) is 24.5 Å². The van der Waals surface area contributed by atoms with Crippen molar-refractivity contribution in [2.45, 2.75) is 25.9 Å². The third-order valence-corrected chi connectivity index (χ3v) is 2.64. The number of amides is 1. The molecule has 0 saturated carbocycles. The van der Waals surface area contributed by atoms with Crippen LogP contribution in [0.5, 0.6) is 0 Å². The molecule has 112 valence electrons. The lowest BCUT2D eigenvalue weighted by Gasteiger charge is -2.24. The average Bonchev–Trinajstić information content (AvgIpc) is 2.43. The van der Waals surface area contributed by atoms with Gasteiger partial charge in [-0.2, -0.15) is 0 Å². The van der Waals surface area contributed by atoms with E-state index in [1.807, 2.05) is 12.1 Å². The summed E-state index contributed by atoms with van der Waals surface area (Å²) in [5, 5.41) is 0. The van der Waals surface area contributed by atoms with Gasteiger partial charge in [-0.1, -0.05) is 0 Å². The van der Waals surface area contributed by atoms with Crippen LogP contribution in [0.25, 0.3) is 0 Å². The lowest BCUT2D eigenvalue weighted by Crippen LogP contribution is -2.42. The Morgan fingerprint density at radius 1 is 1.40 bits per heavy atom. The van der Waals surface area contributed by atoms with Gasteiger partial charge in [-0.25, -0.2) is 0 Å². The molecule has 0 radical (unpaired) electrons. The molecule has 0 fully saturated rings. The number of rotatable bonds is 6. The Balaban J connectivity index is 0.00000361. The maximum Gasteiger partial charge on any atom is 0.307 e. The van der Waals surface area contributed by atoms with E-state index in [9.17, 15) is 9.59 Å². The third kappa shape index (κ3) is 5.99. The highest BCUT2D eigenvalue weighted by Crippen LogP contribution is 2.06. The minimum atomic E-state index is -0.598. The Morgan fingerprint density at radius 2 is 2.00 bits per heavy atom. The number of carbonyl (C=O) groups excluding carboxylic acids is 2. The van der Waals surface area contributed by atoms with Crippen LogP contribution in [0.3, 0.4) is 0 Å². The number of ether oxygens (including phenoxy) is 1. The maximum atomic E-state index is 12.0. The molecule has 1 aromatic heterocycles. The summed E-state index contributed by atoms with van der Waals surface area (Å²) >= 11 is 0. The topological polar surface area (TPSA) is 85.5 Å². The molecule has 0 aliphatic heterocycles. The Bertz CT molecular complexity index is 426. The average molecular weight is 302 g/mol. The zero-order valence-electron chi connectivity index (χ0n) is 11.6. The van der Waals surface area contributed by atoms with Gasteiger partial charge in [0.05, 0.1) is 19.6 Å². The first-order valence-electron chi connectivity index (χ1n) is 6.04. The summed E-state index contributed by atoms with van der Waals surface area (Å²) in [6.45, 7) is 2.31. The number of halogens is 1. The summed E-state index contributed by atoms with van der Waals surface area (Å²) in [6.07, 6.45) is 3.47. The molecule has 1 rings (SSSR count). The highest BCUT2D eigenvalue weighted by atomic mass is 35.5. The van der Waals surface area contributed by atoms with Gasteiger partial charge in [-0.05, 0) is 24.6 Å². The Kier molecular flexibility index (Phi) is 8.51. The molecule has 0 aromatic carbocycles. The second-order valence-corrected chi connectivity index (χ2v) is 4.23. The zero-order chi connectivity index (χ0) is 14.3. The molecule has 6 nitrogen and oxygen atoms in total. The van der Waals surface area contributed by atoms with Gasteiger partial charge in [0.15, 0.2) is 0 Å². The predicted molar refractivity (Wildman–Crippen MR) is 77.2 cm³/mol. The molecular weight excluding hydrogens is 282 g/mol. The molecule has 1 unspecified atom stereocenters. The van der Waals surface area contributed by atoms with Crippen LogP contribution in [-0.2, 0) is 20.9 Å². The molecule has 0 spiro atoms. The van der Waals surface area contributed by atoms with Crippen molar-refractivity contribution in [1.29, 1.82) is 0 Å².